The summed E-state index contributed by atoms with van der Waals surface area (Å²) in [7, 11) is 0. The first-order valence-corrected chi connectivity index (χ1v) is 9.80. The first-order valence-electron chi connectivity index (χ1n) is 9.80. The van der Waals surface area contributed by atoms with Crippen LogP contribution in [-0.2, 0) is 20.7 Å². The lowest BCUT2D eigenvalue weighted by Gasteiger charge is -2.17. The van der Waals surface area contributed by atoms with E-state index in [1.54, 1.807) is 0 Å². The molecule has 3 rings (SSSR count). The van der Waals surface area contributed by atoms with Crippen molar-refractivity contribution in [2.45, 2.75) is 25.7 Å². The monoisotopic (exact) mass is 387 g/mol. The summed E-state index contributed by atoms with van der Waals surface area (Å²) < 4.78 is 5.24. The first-order chi connectivity index (χ1) is 14.2. The zero-order valence-corrected chi connectivity index (χ0v) is 16.5. The number of hydrogen-bond donors (Lipinski definition) is 1. The van der Waals surface area contributed by atoms with Gasteiger partial charge in [0.2, 0.25) is 0 Å². The number of ether oxygens (including phenoxy) is 1. The molecule has 0 aliphatic heterocycles. The predicted octanol–water partition coefficient (Wildman–Crippen LogP) is 4.95. The minimum atomic E-state index is -0.404. The molecular weight excluding hydrogens is 362 g/mol. The first kappa shape index (κ1) is 20.3. The fraction of sp³-hybridized carbons (Fsp3) is 0.200. The molecule has 0 unspecified atom stereocenters. The van der Waals surface area contributed by atoms with Crippen molar-refractivity contribution in [1.29, 1.82) is 0 Å². The summed E-state index contributed by atoms with van der Waals surface area (Å²) in [6.07, 6.45) is 1.11. The van der Waals surface area contributed by atoms with Gasteiger partial charge in [-0.3, -0.25) is 9.59 Å². The van der Waals surface area contributed by atoms with Crippen LogP contribution in [0.3, 0.4) is 0 Å². The summed E-state index contributed by atoms with van der Waals surface area (Å²) in [6, 6.07) is 27.3. The van der Waals surface area contributed by atoms with Crippen LogP contribution in [0.4, 0.5) is 5.69 Å². The zero-order chi connectivity index (χ0) is 20.5. The maximum absolute atomic E-state index is 12.4. The molecule has 0 saturated carbocycles. The maximum atomic E-state index is 12.4. The molecular formula is C25H25NO3. The number of benzene rings is 3. The minimum absolute atomic E-state index is 0.116. The summed E-state index contributed by atoms with van der Waals surface area (Å²) in [5.41, 5.74) is 3.96. The third-order valence-electron chi connectivity index (χ3n) is 4.78. The highest BCUT2D eigenvalue weighted by atomic mass is 16.5. The van der Waals surface area contributed by atoms with E-state index in [9.17, 15) is 9.59 Å². The van der Waals surface area contributed by atoms with Crippen LogP contribution in [0.2, 0.25) is 0 Å². The van der Waals surface area contributed by atoms with E-state index in [1.807, 2.05) is 84.9 Å². The largest absolute Gasteiger partial charge is 0.456 e. The zero-order valence-electron chi connectivity index (χ0n) is 16.5. The van der Waals surface area contributed by atoms with Crippen molar-refractivity contribution in [2.75, 3.05) is 11.9 Å². The quantitative estimate of drug-likeness (QED) is 0.556. The molecule has 4 nitrogen and oxygen atoms in total. The summed E-state index contributed by atoms with van der Waals surface area (Å²) >= 11 is 0. The third-order valence-corrected chi connectivity index (χ3v) is 4.78. The highest BCUT2D eigenvalue weighted by Crippen LogP contribution is 2.28. The molecule has 0 aliphatic rings. The summed E-state index contributed by atoms with van der Waals surface area (Å²) in [6.45, 7) is 1.77. The van der Waals surface area contributed by atoms with Gasteiger partial charge in [0.1, 0.15) is 0 Å². The number of carbonyl (C=O) groups is 2. The van der Waals surface area contributed by atoms with Crippen molar-refractivity contribution in [1.82, 2.24) is 0 Å². The normalized spacial score (nSPS) is 10.6. The van der Waals surface area contributed by atoms with Gasteiger partial charge in [-0.2, -0.15) is 0 Å². The van der Waals surface area contributed by atoms with E-state index in [-0.39, 0.29) is 24.9 Å². The Morgan fingerprint density at radius 2 is 1.38 bits per heavy atom. The topological polar surface area (TPSA) is 55.4 Å². The molecule has 29 heavy (non-hydrogen) atoms. The van der Waals surface area contributed by atoms with Gasteiger partial charge in [0.05, 0.1) is 6.42 Å². The molecule has 0 bridgehead atoms. The molecule has 0 aromatic heterocycles. The standard InChI is InChI=1S/C25H25NO3/c1-2-19-13-15-22(16-14-19)26-24(27)18-29-25(28)17-23(20-9-5-3-6-10-20)21-11-7-4-8-12-21/h3-16,23H,2,17-18H2,1H3,(H,26,27). The van der Waals surface area contributed by atoms with Crippen LogP contribution in [-0.4, -0.2) is 18.5 Å². The molecule has 1 N–H and O–H groups in total. The Labute approximate surface area is 171 Å². The van der Waals surface area contributed by atoms with Gasteiger partial charge in [-0.15, -0.1) is 0 Å². The maximum Gasteiger partial charge on any atom is 0.307 e. The van der Waals surface area contributed by atoms with E-state index in [1.165, 1.54) is 5.56 Å². The van der Waals surface area contributed by atoms with Crippen LogP contribution in [0.1, 0.15) is 36.0 Å². The average molecular weight is 387 g/mol. The van der Waals surface area contributed by atoms with Crippen LogP contribution < -0.4 is 5.32 Å². The lowest BCUT2D eigenvalue weighted by atomic mass is 9.89. The Balaban J connectivity index is 1.58. The predicted molar refractivity (Wildman–Crippen MR) is 115 cm³/mol. The number of hydrogen-bond acceptors (Lipinski definition) is 3. The summed E-state index contributed by atoms with van der Waals surface area (Å²) in [5, 5.41) is 2.75. The molecule has 0 saturated heterocycles. The second kappa shape index (κ2) is 10.2. The van der Waals surface area contributed by atoms with E-state index < -0.39 is 5.97 Å². The van der Waals surface area contributed by atoms with E-state index in [4.69, 9.17) is 4.74 Å². The summed E-state index contributed by atoms with van der Waals surface area (Å²) in [5.74, 6) is -0.868. The Morgan fingerprint density at radius 3 is 1.90 bits per heavy atom. The molecule has 3 aromatic carbocycles. The van der Waals surface area contributed by atoms with Gasteiger partial charge in [0, 0.05) is 11.6 Å². The van der Waals surface area contributed by atoms with Crippen LogP contribution in [0.15, 0.2) is 84.9 Å². The molecule has 1 amide bonds. The average Bonchev–Trinajstić information content (AvgIpc) is 2.78. The highest BCUT2D eigenvalue weighted by molar-refractivity contribution is 5.92. The SMILES string of the molecule is CCc1ccc(NC(=O)COC(=O)CC(c2ccccc2)c2ccccc2)cc1. The number of esters is 1. The van der Waals surface area contributed by atoms with Crippen LogP contribution in [0.5, 0.6) is 0 Å². The number of nitrogens with one attached hydrogen (secondary N) is 1. The lowest BCUT2D eigenvalue weighted by molar-refractivity contribution is -0.147. The molecule has 148 valence electrons. The van der Waals surface area contributed by atoms with E-state index in [2.05, 4.69) is 12.2 Å². The lowest BCUT2D eigenvalue weighted by Crippen LogP contribution is -2.22. The molecule has 0 aliphatic carbocycles. The van der Waals surface area contributed by atoms with Crippen molar-refractivity contribution < 1.29 is 14.3 Å². The van der Waals surface area contributed by atoms with Gasteiger partial charge in [-0.05, 0) is 35.2 Å². The second-order valence-electron chi connectivity index (χ2n) is 6.84. The van der Waals surface area contributed by atoms with E-state index in [0.717, 1.165) is 17.5 Å². The van der Waals surface area contributed by atoms with Crippen molar-refractivity contribution in [3.63, 3.8) is 0 Å². The van der Waals surface area contributed by atoms with Crippen LogP contribution in [0, 0.1) is 0 Å². The molecule has 3 aromatic rings. The Kier molecular flexibility index (Phi) is 7.17. The molecule has 0 spiro atoms. The van der Waals surface area contributed by atoms with Crippen molar-refractivity contribution in [3.8, 4) is 0 Å². The molecule has 0 atom stereocenters. The molecule has 4 heteroatoms. The molecule has 0 heterocycles. The molecule has 0 fully saturated rings. The number of aryl methyl sites for hydroxylation is 1. The van der Waals surface area contributed by atoms with Crippen molar-refractivity contribution >= 4 is 17.6 Å². The molecule has 0 radical (unpaired) electrons. The van der Waals surface area contributed by atoms with Gasteiger partial charge in [0.15, 0.2) is 6.61 Å². The van der Waals surface area contributed by atoms with Gasteiger partial charge < -0.3 is 10.1 Å². The van der Waals surface area contributed by atoms with E-state index in [0.29, 0.717) is 5.69 Å². The second-order valence-corrected chi connectivity index (χ2v) is 6.84. The van der Waals surface area contributed by atoms with Crippen molar-refractivity contribution in [3.05, 3.63) is 102 Å². The smallest absolute Gasteiger partial charge is 0.307 e. The summed E-state index contributed by atoms with van der Waals surface area (Å²) in [4.78, 5) is 24.5. The Bertz CT molecular complexity index is 882. The third kappa shape index (κ3) is 6.04. The van der Waals surface area contributed by atoms with Crippen LogP contribution in [0.25, 0.3) is 0 Å². The van der Waals surface area contributed by atoms with Crippen LogP contribution >= 0.6 is 0 Å². The number of anilines is 1. The van der Waals surface area contributed by atoms with E-state index >= 15 is 0 Å². The minimum Gasteiger partial charge on any atom is -0.456 e. The number of carbonyl (C=O) groups excluding carboxylic acids is 2. The van der Waals surface area contributed by atoms with Gasteiger partial charge in [0.25, 0.3) is 5.91 Å². The highest BCUT2D eigenvalue weighted by Gasteiger charge is 2.19. The van der Waals surface area contributed by atoms with Crippen molar-refractivity contribution in [2.24, 2.45) is 0 Å². The van der Waals surface area contributed by atoms with Gasteiger partial charge in [-0.1, -0.05) is 79.7 Å². The van der Waals surface area contributed by atoms with Gasteiger partial charge >= 0.3 is 5.97 Å². The fourth-order valence-electron chi connectivity index (χ4n) is 3.19. The fourth-order valence-corrected chi connectivity index (χ4v) is 3.19. The number of amides is 1. The Morgan fingerprint density at radius 1 is 0.828 bits per heavy atom. The number of rotatable bonds is 8. The van der Waals surface area contributed by atoms with Gasteiger partial charge in [-0.25, -0.2) is 0 Å². The Hall–Kier alpha value is -3.40.